The van der Waals surface area contributed by atoms with E-state index in [2.05, 4.69) is 0 Å². The van der Waals surface area contributed by atoms with Crippen LogP contribution < -0.4 is 18.9 Å². The van der Waals surface area contributed by atoms with Gasteiger partial charge in [0.15, 0.2) is 23.0 Å². The minimum absolute atomic E-state index is 0.0239. The van der Waals surface area contributed by atoms with Crippen molar-refractivity contribution in [2.45, 2.75) is 65.4 Å². The summed E-state index contributed by atoms with van der Waals surface area (Å²) in [6.07, 6.45) is 0.455. The second-order valence-electron chi connectivity index (χ2n) is 10.4. The van der Waals surface area contributed by atoms with Crippen molar-refractivity contribution in [2.24, 2.45) is 10.9 Å². The fourth-order valence-electron chi connectivity index (χ4n) is 5.65. The molecule has 1 heterocycles. The number of allylic oxidation sites excluding steroid dienone is 1. The van der Waals surface area contributed by atoms with E-state index in [1.165, 1.54) is 6.92 Å². The number of benzene rings is 2. The summed E-state index contributed by atoms with van der Waals surface area (Å²) in [5.41, 5.74) is 3.19. The van der Waals surface area contributed by atoms with E-state index in [1.54, 1.807) is 53.2 Å². The van der Waals surface area contributed by atoms with Crippen molar-refractivity contribution in [1.82, 2.24) is 0 Å². The fraction of sp³-hybridized carbons (Fsp3) is 0.438. The molecule has 4 rings (SSSR count). The molecule has 218 valence electrons. The van der Waals surface area contributed by atoms with Gasteiger partial charge in [-0.05, 0) is 75.4 Å². The number of carbonyl (C=O) groups excluding carboxylic acids is 3. The number of ether oxygens (including phenoxy) is 5. The highest BCUT2D eigenvalue weighted by molar-refractivity contribution is 6.12. The van der Waals surface area contributed by atoms with Crippen LogP contribution in [0.2, 0.25) is 0 Å². The molecule has 2 aromatic rings. The Balaban J connectivity index is 1.80. The van der Waals surface area contributed by atoms with Crippen molar-refractivity contribution in [3.05, 3.63) is 58.8 Å². The van der Waals surface area contributed by atoms with Crippen LogP contribution in [0, 0.1) is 5.92 Å². The van der Waals surface area contributed by atoms with Gasteiger partial charge in [0.1, 0.15) is 5.78 Å². The van der Waals surface area contributed by atoms with Gasteiger partial charge in [0.05, 0.1) is 38.4 Å². The Morgan fingerprint density at radius 1 is 0.927 bits per heavy atom. The topological polar surface area (TPSA) is 110 Å². The molecular weight excluding hydrogens is 526 g/mol. The molecule has 0 N–H and O–H groups in total. The molecule has 1 aliphatic carbocycles. The summed E-state index contributed by atoms with van der Waals surface area (Å²) in [7, 11) is 3.16. The van der Waals surface area contributed by atoms with E-state index in [0.29, 0.717) is 52.8 Å². The summed E-state index contributed by atoms with van der Waals surface area (Å²) < 4.78 is 27.6. The normalized spacial score (nSPS) is 20.2. The first-order valence-corrected chi connectivity index (χ1v) is 13.8. The Labute approximate surface area is 240 Å². The number of hydrogen-bond acceptors (Lipinski definition) is 9. The van der Waals surface area contributed by atoms with Gasteiger partial charge in [-0.15, -0.1) is 0 Å². The highest BCUT2D eigenvalue weighted by Gasteiger charge is 2.46. The van der Waals surface area contributed by atoms with Gasteiger partial charge in [-0.1, -0.05) is 12.1 Å². The lowest BCUT2D eigenvalue weighted by Crippen LogP contribution is -2.41. The Kier molecular flexibility index (Phi) is 9.15. The van der Waals surface area contributed by atoms with Crippen LogP contribution in [0.25, 0.3) is 0 Å². The summed E-state index contributed by atoms with van der Waals surface area (Å²) in [5.74, 6) is -0.599. The number of nitrogens with zero attached hydrogens (tertiary/aromatic N) is 1. The molecule has 9 nitrogen and oxygen atoms in total. The predicted octanol–water partition coefficient (Wildman–Crippen LogP) is 5.55. The molecule has 0 saturated heterocycles. The van der Waals surface area contributed by atoms with Crippen LogP contribution in [0.5, 0.6) is 23.0 Å². The Hall–Kier alpha value is -4.14. The lowest BCUT2D eigenvalue weighted by atomic mass is 9.66. The van der Waals surface area contributed by atoms with E-state index in [0.717, 1.165) is 5.56 Å². The predicted molar refractivity (Wildman–Crippen MR) is 153 cm³/mol. The van der Waals surface area contributed by atoms with Crippen LogP contribution in [0.1, 0.15) is 70.4 Å². The van der Waals surface area contributed by atoms with Crippen molar-refractivity contribution in [2.75, 3.05) is 20.8 Å². The van der Waals surface area contributed by atoms with Crippen LogP contribution in [0.4, 0.5) is 0 Å². The zero-order valence-corrected chi connectivity index (χ0v) is 24.6. The van der Waals surface area contributed by atoms with Crippen LogP contribution in [0.15, 0.2) is 52.7 Å². The molecule has 0 radical (unpaired) electrons. The van der Waals surface area contributed by atoms with E-state index >= 15 is 0 Å². The average Bonchev–Trinajstić information content (AvgIpc) is 2.92. The zero-order chi connectivity index (χ0) is 29.8. The maximum atomic E-state index is 14.0. The van der Waals surface area contributed by atoms with Crippen LogP contribution in [-0.2, 0) is 19.1 Å². The van der Waals surface area contributed by atoms with E-state index in [1.807, 2.05) is 25.1 Å². The van der Waals surface area contributed by atoms with Gasteiger partial charge in [-0.3, -0.25) is 14.6 Å². The zero-order valence-electron chi connectivity index (χ0n) is 24.6. The molecule has 3 atom stereocenters. The summed E-state index contributed by atoms with van der Waals surface area (Å²) in [4.78, 5) is 43.9. The van der Waals surface area contributed by atoms with Gasteiger partial charge < -0.3 is 23.7 Å². The first kappa shape index (κ1) is 29.8. The van der Waals surface area contributed by atoms with Crippen LogP contribution in [-0.4, -0.2) is 50.4 Å². The smallest absolute Gasteiger partial charge is 0.336 e. The van der Waals surface area contributed by atoms with Crippen molar-refractivity contribution in [1.29, 1.82) is 0 Å². The summed E-state index contributed by atoms with van der Waals surface area (Å²) >= 11 is 0. The maximum absolute atomic E-state index is 14.0. The van der Waals surface area contributed by atoms with Gasteiger partial charge >= 0.3 is 11.9 Å². The molecule has 9 heteroatoms. The number of rotatable bonds is 9. The third-order valence-electron chi connectivity index (χ3n) is 7.28. The van der Waals surface area contributed by atoms with Gasteiger partial charge in [0.2, 0.25) is 0 Å². The van der Waals surface area contributed by atoms with E-state index < -0.39 is 23.8 Å². The molecule has 2 aromatic carbocycles. The van der Waals surface area contributed by atoms with Crippen LogP contribution in [0.3, 0.4) is 0 Å². The Bertz CT molecular complexity index is 1410. The van der Waals surface area contributed by atoms with E-state index in [4.69, 9.17) is 28.7 Å². The van der Waals surface area contributed by atoms with Gasteiger partial charge in [0, 0.05) is 30.7 Å². The number of esters is 2. The lowest BCUT2D eigenvalue weighted by Gasteiger charge is -2.38. The molecule has 1 saturated carbocycles. The average molecular weight is 564 g/mol. The minimum Gasteiger partial charge on any atom is -0.493 e. The molecule has 2 aliphatic rings. The monoisotopic (exact) mass is 563 g/mol. The third-order valence-corrected chi connectivity index (χ3v) is 7.28. The standard InChI is InChI=1S/C32H37NO8/c1-8-39-28-16-21(10-12-26(28)41-19(5)34)30-29(32(36)40-17(2)3)18(4)33-23-13-22(14-24(35)31(23)30)20-9-11-25(37-6)27(15-20)38-7/h9-12,15-17,22,30-31H,8,13-14H2,1-7H3/t22-,30-,31?/m0/s1. The molecular formula is C32H37NO8. The first-order valence-electron chi connectivity index (χ1n) is 13.8. The largest absolute Gasteiger partial charge is 0.493 e. The summed E-state index contributed by atoms with van der Waals surface area (Å²) in [6.45, 7) is 8.80. The van der Waals surface area contributed by atoms with Crippen molar-refractivity contribution in [3.63, 3.8) is 0 Å². The number of hydrogen-bond donors (Lipinski definition) is 0. The van der Waals surface area contributed by atoms with Crippen LogP contribution >= 0.6 is 0 Å². The number of carbonyl (C=O) groups is 3. The second-order valence-corrected chi connectivity index (χ2v) is 10.4. The number of fused-ring (bicyclic) bond motifs is 1. The molecule has 1 aliphatic heterocycles. The first-order chi connectivity index (χ1) is 19.6. The lowest BCUT2D eigenvalue weighted by molar-refractivity contribution is -0.143. The number of methoxy groups -OCH3 is 2. The van der Waals surface area contributed by atoms with E-state index in [9.17, 15) is 14.4 Å². The van der Waals surface area contributed by atoms with Crippen molar-refractivity contribution < 1.29 is 38.1 Å². The molecule has 0 amide bonds. The fourth-order valence-corrected chi connectivity index (χ4v) is 5.65. The minimum atomic E-state index is -0.654. The van der Waals surface area contributed by atoms with Gasteiger partial charge in [0.25, 0.3) is 0 Å². The highest BCUT2D eigenvalue weighted by atomic mass is 16.6. The molecule has 1 unspecified atom stereocenters. The van der Waals surface area contributed by atoms with Gasteiger partial charge in [-0.25, -0.2) is 4.79 Å². The quantitative estimate of drug-likeness (QED) is 0.288. The van der Waals surface area contributed by atoms with Crippen molar-refractivity contribution >= 4 is 23.4 Å². The molecule has 0 aromatic heterocycles. The molecule has 41 heavy (non-hydrogen) atoms. The summed E-state index contributed by atoms with van der Waals surface area (Å²) in [5, 5.41) is 0. The highest BCUT2D eigenvalue weighted by Crippen LogP contribution is 2.48. The SMILES string of the molecule is CCOc1cc([C@H]2C(C(=O)OC(C)C)=C(C)N=C3C[C@H](c4ccc(OC)c(OC)c4)CC(=O)C32)ccc1OC(C)=O. The molecule has 0 spiro atoms. The molecule has 0 bridgehead atoms. The second kappa shape index (κ2) is 12.6. The number of aliphatic imine (C=N–C) groups is 1. The number of Topliss-reactive ketones (excluding diaryl/α,β-unsaturated/α-hetero) is 1. The maximum Gasteiger partial charge on any atom is 0.336 e. The van der Waals surface area contributed by atoms with Crippen molar-refractivity contribution in [3.8, 4) is 23.0 Å². The summed E-state index contributed by atoms with van der Waals surface area (Å²) in [6, 6.07) is 10.8. The van der Waals surface area contributed by atoms with Gasteiger partial charge in [-0.2, -0.15) is 0 Å². The number of ketones is 1. The van der Waals surface area contributed by atoms with E-state index in [-0.39, 0.29) is 30.0 Å². The molecule has 1 fully saturated rings. The Morgan fingerprint density at radius 3 is 2.22 bits per heavy atom. The Morgan fingerprint density at radius 2 is 1.59 bits per heavy atom. The third kappa shape index (κ3) is 6.29.